The molecular formula is C22H27N5O2. The van der Waals surface area contributed by atoms with E-state index in [1.54, 1.807) is 7.11 Å². The number of para-hydroxylation sites is 1. The molecule has 1 fully saturated rings. The molecule has 1 saturated heterocycles. The van der Waals surface area contributed by atoms with Crippen LogP contribution in [0.15, 0.2) is 30.3 Å². The molecule has 7 nitrogen and oxygen atoms in total. The molecule has 1 aliphatic heterocycles. The van der Waals surface area contributed by atoms with Gasteiger partial charge in [0.25, 0.3) is 0 Å². The van der Waals surface area contributed by atoms with Crippen LogP contribution in [-0.2, 0) is 4.79 Å². The summed E-state index contributed by atoms with van der Waals surface area (Å²) in [6.45, 7) is 6.43. The van der Waals surface area contributed by atoms with Crippen LogP contribution < -0.4 is 10.1 Å². The lowest BCUT2D eigenvalue weighted by molar-refractivity contribution is -0.127. The molecule has 29 heavy (non-hydrogen) atoms. The van der Waals surface area contributed by atoms with Crippen LogP contribution >= 0.6 is 0 Å². The molecule has 3 heterocycles. The average molecular weight is 393 g/mol. The summed E-state index contributed by atoms with van der Waals surface area (Å²) < 4.78 is 7.42. The van der Waals surface area contributed by atoms with E-state index in [0.717, 1.165) is 72.2 Å². The van der Waals surface area contributed by atoms with E-state index in [-0.39, 0.29) is 5.91 Å². The zero-order valence-corrected chi connectivity index (χ0v) is 17.2. The van der Waals surface area contributed by atoms with Gasteiger partial charge >= 0.3 is 0 Å². The first kappa shape index (κ1) is 19.2. The average Bonchev–Trinajstić information content (AvgIpc) is 3.27. The highest BCUT2D eigenvalue weighted by molar-refractivity contribution is 5.84. The Labute approximate surface area is 170 Å². The summed E-state index contributed by atoms with van der Waals surface area (Å²) in [5.74, 6) is 1.99. The van der Waals surface area contributed by atoms with Crippen LogP contribution in [0.5, 0.6) is 5.75 Å². The number of carbonyl (C=O) groups is 1. The first-order valence-corrected chi connectivity index (χ1v) is 10.1. The normalized spacial score (nSPS) is 14.0. The van der Waals surface area contributed by atoms with Crippen molar-refractivity contribution in [3.63, 3.8) is 0 Å². The predicted molar refractivity (Wildman–Crippen MR) is 113 cm³/mol. The van der Waals surface area contributed by atoms with Gasteiger partial charge in [-0.25, -0.2) is 4.98 Å². The summed E-state index contributed by atoms with van der Waals surface area (Å²) in [5, 5.41) is 8.22. The van der Waals surface area contributed by atoms with Gasteiger partial charge in [0.1, 0.15) is 11.6 Å². The minimum Gasteiger partial charge on any atom is -0.496 e. The predicted octanol–water partition coefficient (Wildman–Crippen LogP) is 3.45. The van der Waals surface area contributed by atoms with Gasteiger partial charge in [-0.05, 0) is 32.8 Å². The van der Waals surface area contributed by atoms with E-state index < -0.39 is 0 Å². The number of benzene rings is 1. The third-order valence-electron chi connectivity index (χ3n) is 5.35. The van der Waals surface area contributed by atoms with Gasteiger partial charge in [-0.3, -0.25) is 4.79 Å². The molecule has 4 rings (SSSR count). The first-order chi connectivity index (χ1) is 14.1. The number of hydrogen-bond donors (Lipinski definition) is 1. The fourth-order valence-corrected chi connectivity index (χ4v) is 3.96. The summed E-state index contributed by atoms with van der Waals surface area (Å²) in [7, 11) is 1.68. The van der Waals surface area contributed by atoms with Crippen molar-refractivity contribution in [3.8, 4) is 16.9 Å². The zero-order valence-electron chi connectivity index (χ0n) is 17.2. The number of anilines is 1. The SMILES string of the molecule is COc1ccccc1-c1c(C)nn2c(NCCCN3CCCC3=O)cc(C)nc12. The first-order valence-electron chi connectivity index (χ1n) is 10.1. The van der Waals surface area contributed by atoms with E-state index in [4.69, 9.17) is 14.8 Å². The molecule has 0 radical (unpaired) electrons. The second-order valence-corrected chi connectivity index (χ2v) is 7.44. The van der Waals surface area contributed by atoms with Crippen LogP contribution in [0, 0.1) is 13.8 Å². The molecule has 0 bridgehead atoms. The standard InChI is InChI=1S/C22H27N5O2/c1-15-14-19(23-11-7-13-26-12-6-10-20(26)28)27-22(24-15)21(16(2)25-27)17-8-4-5-9-18(17)29-3/h4-5,8-9,14,23H,6-7,10-13H2,1-3H3. The Hall–Kier alpha value is -3.09. The van der Waals surface area contributed by atoms with Crippen molar-refractivity contribution in [1.29, 1.82) is 0 Å². The second kappa shape index (κ2) is 8.11. The minimum absolute atomic E-state index is 0.274. The van der Waals surface area contributed by atoms with E-state index in [0.29, 0.717) is 6.42 Å². The molecule has 2 aromatic heterocycles. The molecule has 3 aromatic rings. The second-order valence-electron chi connectivity index (χ2n) is 7.44. The smallest absolute Gasteiger partial charge is 0.222 e. The van der Waals surface area contributed by atoms with Crippen molar-refractivity contribution in [1.82, 2.24) is 19.5 Å². The van der Waals surface area contributed by atoms with Crippen molar-refractivity contribution in [3.05, 3.63) is 41.7 Å². The van der Waals surface area contributed by atoms with E-state index in [9.17, 15) is 4.79 Å². The number of hydrogen-bond acceptors (Lipinski definition) is 5. The maximum Gasteiger partial charge on any atom is 0.222 e. The van der Waals surface area contributed by atoms with Gasteiger partial charge in [0, 0.05) is 43.4 Å². The largest absolute Gasteiger partial charge is 0.496 e. The lowest BCUT2D eigenvalue weighted by atomic mass is 10.1. The van der Waals surface area contributed by atoms with E-state index in [1.165, 1.54) is 0 Å². The molecule has 1 N–H and O–H groups in total. The van der Waals surface area contributed by atoms with Gasteiger partial charge in [-0.1, -0.05) is 18.2 Å². The number of methoxy groups -OCH3 is 1. The summed E-state index contributed by atoms with van der Waals surface area (Å²) in [4.78, 5) is 18.5. The van der Waals surface area contributed by atoms with Gasteiger partial charge < -0.3 is 15.0 Å². The van der Waals surface area contributed by atoms with E-state index >= 15 is 0 Å². The van der Waals surface area contributed by atoms with Crippen LogP contribution in [0.2, 0.25) is 0 Å². The molecule has 0 spiro atoms. The van der Waals surface area contributed by atoms with E-state index in [1.807, 2.05) is 53.6 Å². The Kier molecular flexibility index (Phi) is 5.38. The molecule has 1 aromatic carbocycles. The number of nitrogens with one attached hydrogen (secondary N) is 1. The van der Waals surface area contributed by atoms with Gasteiger partial charge in [0.2, 0.25) is 5.91 Å². The van der Waals surface area contributed by atoms with Crippen molar-refractivity contribution >= 4 is 17.4 Å². The van der Waals surface area contributed by atoms with Crippen molar-refractivity contribution in [2.45, 2.75) is 33.1 Å². The summed E-state index contributed by atoms with van der Waals surface area (Å²) >= 11 is 0. The lowest BCUT2D eigenvalue weighted by Crippen LogP contribution is -2.27. The summed E-state index contributed by atoms with van der Waals surface area (Å²) in [6.07, 6.45) is 2.57. The quantitative estimate of drug-likeness (QED) is 0.623. The van der Waals surface area contributed by atoms with Crippen LogP contribution in [0.3, 0.4) is 0 Å². The molecule has 1 aliphatic rings. The summed E-state index contributed by atoms with van der Waals surface area (Å²) in [6, 6.07) is 9.95. The van der Waals surface area contributed by atoms with Crippen molar-refractivity contribution < 1.29 is 9.53 Å². The monoisotopic (exact) mass is 393 g/mol. The number of aryl methyl sites for hydroxylation is 2. The molecule has 0 atom stereocenters. The Morgan fingerprint density at radius 2 is 2.07 bits per heavy atom. The van der Waals surface area contributed by atoms with Crippen LogP contribution in [0.1, 0.15) is 30.7 Å². The van der Waals surface area contributed by atoms with Gasteiger partial charge in [-0.15, -0.1) is 0 Å². The van der Waals surface area contributed by atoms with Crippen molar-refractivity contribution in [2.75, 3.05) is 32.1 Å². The highest BCUT2D eigenvalue weighted by atomic mass is 16.5. The number of likely N-dealkylation sites (tertiary alicyclic amines) is 1. The Bertz CT molecular complexity index is 1040. The third kappa shape index (κ3) is 3.77. The van der Waals surface area contributed by atoms with Gasteiger partial charge in [-0.2, -0.15) is 9.61 Å². The number of nitrogens with zero attached hydrogens (tertiary/aromatic N) is 4. The minimum atomic E-state index is 0.274. The highest BCUT2D eigenvalue weighted by Crippen LogP contribution is 2.35. The number of rotatable bonds is 7. The summed E-state index contributed by atoms with van der Waals surface area (Å²) in [5.41, 5.74) is 4.60. The fraction of sp³-hybridized carbons (Fsp3) is 0.409. The highest BCUT2D eigenvalue weighted by Gasteiger charge is 2.20. The Morgan fingerprint density at radius 1 is 1.24 bits per heavy atom. The fourth-order valence-electron chi connectivity index (χ4n) is 3.96. The maximum absolute atomic E-state index is 11.8. The topological polar surface area (TPSA) is 71.8 Å². The molecule has 7 heteroatoms. The molecule has 0 saturated carbocycles. The molecule has 0 aliphatic carbocycles. The number of ether oxygens (including phenoxy) is 1. The van der Waals surface area contributed by atoms with Crippen LogP contribution in [0.25, 0.3) is 16.8 Å². The Morgan fingerprint density at radius 3 is 2.83 bits per heavy atom. The van der Waals surface area contributed by atoms with Crippen molar-refractivity contribution in [2.24, 2.45) is 0 Å². The Balaban J connectivity index is 1.60. The lowest BCUT2D eigenvalue weighted by Gasteiger charge is -2.16. The molecular weight excluding hydrogens is 366 g/mol. The zero-order chi connectivity index (χ0) is 20.4. The van der Waals surface area contributed by atoms with Crippen LogP contribution in [-0.4, -0.2) is 52.1 Å². The number of aromatic nitrogens is 3. The van der Waals surface area contributed by atoms with Crippen LogP contribution in [0.4, 0.5) is 5.82 Å². The maximum atomic E-state index is 11.8. The third-order valence-corrected chi connectivity index (χ3v) is 5.35. The molecule has 152 valence electrons. The number of amides is 1. The number of carbonyl (C=O) groups excluding carboxylic acids is 1. The van der Waals surface area contributed by atoms with E-state index in [2.05, 4.69) is 5.32 Å². The number of fused-ring (bicyclic) bond motifs is 1. The molecule has 0 unspecified atom stereocenters. The van der Waals surface area contributed by atoms with Gasteiger partial charge in [0.05, 0.1) is 18.4 Å². The van der Waals surface area contributed by atoms with Gasteiger partial charge in [0.15, 0.2) is 5.65 Å². The molecule has 1 amide bonds.